The summed E-state index contributed by atoms with van der Waals surface area (Å²) in [5, 5.41) is 0. The second kappa shape index (κ2) is 6.41. The first-order valence-electron chi connectivity index (χ1n) is 10.0. The van der Waals surface area contributed by atoms with Crippen LogP contribution < -0.4 is 0 Å². The fraction of sp³-hybridized carbons (Fsp3) is 0.818. The van der Waals surface area contributed by atoms with Crippen LogP contribution in [0.3, 0.4) is 0 Å². The van der Waals surface area contributed by atoms with Gasteiger partial charge in [0.1, 0.15) is 11.7 Å². The third-order valence-electron chi connectivity index (χ3n) is 7.94. The van der Waals surface area contributed by atoms with Gasteiger partial charge in [0.2, 0.25) is 0 Å². The minimum Gasteiger partial charge on any atom is -0.462 e. The van der Waals surface area contributed by atoms with Crippen LogP contribution in [0, 0.1) is 22.7 Å². The minimum atomic E-state index is -0.951. The topological polar surface area (TPSA) is 52.6 Å². The van der Waals surface area contributed by atoms with Crippen LogP contribution >= 0.6 is 15.9 Å². The molecule has 0 aromatic carbocycles. The molecule has 3 fully saturated rings. The number of ketones is 1. The molecule has 0 N–H and O–H groups in total. The number of rotatable bonds is 2. The number of hydrogen-bond donors (Lipinski definition) is 0. The first kappa shape index (κ1) is 21.0. The summed E-state index contributed by atoms with van der Waals surface area (Å²) < 4.78 is 12.2. The number of alkyl halides is 1. The largest absolute Gasteiger partial charge is 0.462 e. The molecule has 0 aromatic rings. The molecule has 4 nitrogen and oxygen atoms in total. The van der Waals surface area contributed by atoms with Crippen molar-refractivity contribution >= 4 is 27.7 Å². The van der Waals surface area contributed by atoms with Crippen molar-refractivity contribution in [3.8, 4) is 0 Å². The van der Waals surface area contributed by atoms with Gasteiger partial charge in [0, 0.05) is 18.3 Å². The molecule has 1 aliphatic heterocycles. The highest BCUT2D eigenvalue weighted by atomic mass is 79.9. The van der Waals surface area contributed by atoms with E-state index in [0.29, 0.717) is 5.92 Å². The van der Waals surface area contributed by atoms with Crippen molar-refractivity contribution in [2.75, 3.05) is 0 Å². The second-order valence-electron chi connectivity index (χ2n) is 10.0. The van der Waals surface area contributed by atoms with Crippen molar-refractivity contribution in [3.63, 3.8) is 0 Å². The first-order valence-corrected chi connectivity index (χ1v) is 10.9. The Labute approximate surface area is 171 Å². The van der Waals surface area contributed by atoms with Gasteiger partial charge in [-0.25, -0.2) is 0 Å². The van der Waals surface area contributed by atoms with E-state index in [4.69, 9.17) is 9.47 Å². The van der Waals surface area contributed by atoms with E-state index in [1.807, 2.05) is 6.92 Å². The first-order chi connectivity index (χ1) is 12.3. The van der Waals surface area contributed by atoms with Crippen molar-refractivity contribution in [1.82, 2.24) is 0 Å². The molecule has 0 radical (unpaired) electrons. The Morgan fingerprint density at radius 3 is 2.41 bits per heavy atom. The maximum absolute atomic E-state index is 13.2. The van der Waals surface area contributed by atoms with E-state index in [2.05, 4.69) is 50.2 Å². The Bertz CT molecular complexity index is 673. The smallest absolute Gasteiger partial charge is 0.302 e. The van der Waals surface area contributed by atoms with Crippen LogP contribution in [-0.2, 0) is 19.1 Å². The number of Topliss-reactive ketones (excluding diaryl/α,β-unsaturated/α-hetero) is 1. The van der Waals surface area contributed by atoms with Crippen LogP contribution in [0.2, 0.25) is 0 Å². The molecular formula is C22H33BrO4. The average molecular weight is 441 g/mol. The van der Waals surface area contributed by atoms with Gasteiger partial charge in [-0.3, -0.25) is 9.59 Å². The molecule has 152 valence electrons. The summed E-state index contributed by atoms with van der Waals surface area (Å²) >= 11 is 3.77. The Kier molecular flexibility index (Phi) is 5.00. The molecule has 0 aromatic heterocycles. The molecule has 3 aliphatic rings. The normalized spacial score (nSPS) is 48.9. The van der Waals surface area contributed by atoms with Gasteiger partial charge in [0.05, 0.1) is 10.4 Å². The summed E-state index contributed by atoms with van der Waals surface area (Å²) in [6, 6.07) is 0. The molecule has 7 atom stereocenters. The maximum Gasteiger partial charge on any atom is 0.302 e. The van der Waals surface area contributed by atoms with Gasteiger partial charge < -0.3 is 9.47 Å². The molecule has 5 heteroatoms. The Balaban J connectivity index is 2.01. The monoisotopic (exact) mass is 440 g/mol. The average Bonchev–Trinajstić information content (AvgIpc) is 2.54. The van der Waals surface area contributed by atoms with Gasteiger partial charge in [-0.15, -0.1) is 0 Å². The molecule has 0 spiro atoms. The van der Waals surface area contributed by atoms with Gasteiger partial charge in [0.25, 0.3) is 0 Å². The van der Waals surface area contributed by atoms with Crippen molar-refractivity contribution in [1.29, 1.82) is 0 Å². The molecule has 2 aliphatic carbocycles. The summed E-state index contributed by atoms with van der Waals surface area (Å²) in [5.74, 6) is 0.267. The molecular weight excluding hydrogens is 408 g/mol. The third kappa shape index (κ3) is 2.95. The minimum absolute atomic E-state index is 0.0572. The zero-order valence-corrected chi connectivity index (χ0v) is 19.0. The lowest BCUT2D eigenvalue weighted by Crippen LogP contribution is -2.70. The lowest BCUT2D eigenvalue weighted by atomic mass is 9.43. The number of fused-ring (bicyclic) bond motifs is 3. The van der Waals surface area contributed by atoms with Crippen molar-refractivity contribution < 1.29 is 19.1 Å². The summed E-state index contributed by atoms with van der Waals surface area (Å²) in [5.41, 5.74) is -1.55. The molecule has 1 saturated heterocycles. The van der Waals surface area contributed by atoms with Gasteiger partial charge in [-0.05, 0) is 50.9 Å². The molecule has 0 bridgehead atoms. The number of esters is 1. The number of ether oxygens (including phenoxy) is 2. The predicted octanol–water partition coefficient (Wildman–Crippen LogP) is 4.84. The zero-order chi connectivity index (χ0) is 20.4. The summed E-state index contributed by atoms with van der Waals surface area (Å²) in [4.78, 5) is 24.5. The van der Waals surface area contributed by atoms with E-state index < -0.39 is 5.60 Å². The van der Waals surface area contributed by atoms with Gasteiger partial charge in [-0.2, -0.15) is 0 Å². The second-order valence-corrected chi connectivity index (χ2v) is 11.0. The highest BCUT2D eigenvalue weighted by molar-refractivity contribution is 9.10. The number of hydrogen-bond acceptors (Lipinski definition) is 4. The summed E-state index contributed by atoms with van der Waals surface area (Å²) in [6.45, 7) is 16.1. The Morgan fingerprint density at radius 2 is 1.85 bits per heavy atom. The summed E-state index contributed by atoms with van der Waals surface area (Å²) in [6.07, 6.45) is 5.18. The van der Waals surface area contributed by atoms with Gasteiger partial charge in [-0.1, -0.05) is 49.4 Å². The highest BCUT2D eigenvalue weighted by Crippen LogP contribution is 2.66. The standard InChI is InChI=1S/C22H33BrO4/c1-8-21(6)18(25)16(23)17-20(5)11-10-15(26-13(2)24)19(3,4)14(20)9-12-22(17,7)27-21/h8,14-17H,1,9-12H2,2-7H3/t14?,15-,16-,17?,20-,21+,22+/m1/s1. The molecule has 2 unspecified atom stereocenters. The van der Waals surface area contributed by atoms with E-state index >= 15 is 0 Å². The van der Waals surface area contributed by atoms with Gasteiger partial charge in [0.15, 0.2) is 5.78 Å². The van der Waals surface area contributed by atoms with Gasteiger partial charge >= 0.3 is 5.97 Å². The number of carbonyl (C=O) groups excluding carboxylic acids is 2. The molecule has 2 saturated carbocycles. The predicted molar refractivity (Wildman–Crippen MR) is 109 cm³/mol. The van der Waals surface area contributed by atoms with Crippen LogP contribution in [0.1, 0.15) is 67.2 Å². The number of halogens is 1. The molecule has 0 amide bonds. The quantitative estimate of drug-likeness (QED) is 0.350. The lowest BCUT2D eigenvalue weighted by molar-refractivity contribution is -0.251. The molecule has 3 rings (SSSR count). The Morgan fingerprint density at radius 1 is 1.22 bits per heavy atom. The fourth-order valence-corrected chi connectivity index (χ4v) is 8.31. The van der Waals surface area contributed by atoms with Crippen LogP contribution in [0.5, 0.6) is 0 Å². The lowest BCUT2D eigenvalue weighted by Gasteiger charge is -2.66. The van der Waals surface area contributed by atoms with E-state index in [1.54, 1.807) is 6.08 Å². The summed E-state index contributed by atoms with van der Waals surface area (Å²) in [7, 11) is 0. The van der Waals surface area contributed by atoms with Crippen LogP contribution in [0.4, 0.5) is 0 Å². The van der Waals surface area contributed by atoms with Crippen molar-refractivity contribution in [2.24, 2.45) is 22.7 Å². The van der Waals surface area contributed by atoms with Crippen LogP contribution in [0.25, 0.3) is 0 Å². The number of carbonyl (C=O) groups is 2. The van der Waals surface area contributed by atoms with Crippen molar-refractivity contribution in [2.45, 2.75) is 89.4 Å². The van der Waals surface area contributed by atoms with E-state index in [0.717, 1.165) is 25.7 Å². The zero-order valence-electron chi connectivity index (χ0n) is 17.4. The third-order valence-corrected chi connectivity index (χ3v) is 8.89. The van der Waals surface area contributed by atoms with Crippen molar-refractivity contribution in [3.05, 3.63) is 12.7 Å². The molecule has 27 heavy (non-hydrogen) atoms. The van der Waals surface area contributed by atoms with Crippen LogP contribution in [0.15, 0.2) is 12.7 Å². The highest BCUT2D eigenvalue weighted by Gasteiger charge is 2.67. The molecule has 1 heterocycles. The maximum atomic E-state index is 13.2. The fourth-order valence-electron chi connectivity index (χ4n) is 6.69. The van der Waals surface area contributed by atoms with E-state index in [9.17, 15) is 9.59 Å². The SMILES string of the molecule is C=C[C@]1(C)O[C@@]2(C)CCC3C(C)(C)[C@H](OC(C)=O)CC[C@@]3(C)C2[C@@H](Br)C1=O. The van der Waals surface area contributed by atoms with E-state index in [-0.39, 0.29) is 45.0 Å². The Hall–Kier alpha value is -0.680. The van der Waals surface area contributed by atoms with E-state index in [1.165, 1.54) is 6.92 Å². The van der Waals surface area contributed by atoms with Crippen LogP contribution in [-0.4, -0.2) is 33.9 Å².